The van der Waals surface area contributed by atoms with Gasteiger partial charge in [-0.15, -0.1) is 0 Å². The van der Waals surface area contributed by atoms with E-state index in [4.69, 9.17) is 15.2 Å². The fraction of sp³-hybridized carbons (Fsp3) is 0.778. The van der Waals surface area contributed by atoms with Crippen LogP contribution < -0.4 is 5.73 Å². The number of methoxy groups -OCH3 is 1. The Balaban J connectivity index is 3.55. The molecule has 0 bridgehead atoms. The maximum absolute atomic E-state index is 5.62. The van der Waals surface area contributed by atoms with Gasteiger partial charge in [0.15, 0.2) is 0 Å². The van der Waals surface area contributed by atoms with Crippen LogP contribution in [0.4, 0.5) is 0 Å². The summed E-state index contributed by atoms with van der Waals surface area (Å²) in [5, 5.41) is 0. The van der Waals surface area contributed by atoms with Crippen LogP contribution >= 0.6 is 0 Å². The first-order valence-corrected chi connectivity index (χ1v) is 4.23. The Morgan fingerprint density at radius 3 is 2.58 bits per heavy atom. The number of rotatable bonds is 6. The van der Waals surface area contributed by atoms with Gasteiger partial charge in [-0.3, -0.25) is 0 Å². The molecule has 0 radical (unpaired) electrons. The van der Waals surface area contributed by atoms with Crippen LogP contribution in [0.3, 0.4) is 0 Å². The SMILES string of the molecule is CC=C(CC(C)N)OCCOC. The molecule has 12 heavy (non-hydrogen) atoms. The predicted octanol–water partition coefficient (Wildman–Crippen LogP) is 1.29. The largest absolute Gasteiger partial charge is 0.496 e. The highest BCUT2D eigenvalue weighted by atomic mass is 16.5. The molecule has 0 aliphatic heterocycles. The number of allylic oxidation sites excluding steroid dienone is 1. The molecular weight excluding hydrogens is 154 g/mol. The average molecular weight is 173 g/mol. The van der Waals surface area contributed by atoms with E-state index in [0.717, 1.165) is 12.2 Å². The van der Waals surface area contributed by atoms with Gasteiger partial charge < -0.3 is 15.2 Å². The van der Waals surface area contributed by atoms with Crippen LogP contribution in [0.2, 0.25) is 0 Å². The van der Waals surface area contributed by atoms with Gasteiger partial charge in [-0.25, -0.2) is 0 Å². The van der Waals surface area contributed by atoms with Gasteiger partial charge in [0.05, 0.1) is 12.4 Å². The standard InChI is InChI=1S/C9H19NO2/c1-4-9(7-8(2)10)12-6-5-11-3/h4,8H,5-7,10H2,1-3H3. The zero-order chi connectivity index (χ0) is 9.40. The fourth-order valence-electron chi connectivity index (χ4n) is 0.834. The lowest BCUT2D eigenvalue weighted by Crippen LogP contribution is -2.17. The number of ether oxygens (including phenoxy) is 2. The van der Waals surface area contributed by atoms with Crippen LogP contribution in [0.15, 0.2) is 11.8 Å². The summed E-state index contributed by atoms with van der Waals surface area (Å²) in [5.41, 5.74) is 5.62. The molecule has 0 spiro atoms. The quantitative estimate of drug-likeness (QED) is 0.486. The highest BCUT2D eigenvalue weighted by Crippen LogP contribution is 2.05. The summed E-state index contributed by atoms with van der Waals surface area (Å²) in [7, 11) is 1.66. The minimum atomic E-state index is 0.152. The van der Waals surface area contributed by atoms with Crippen molar-refractivity contribution in [3.8, 4) is 0 Å². The van der Waals surface area contributed by atoms with E-state index in [1.54, 1.807) is 7.11 Å². The highest BCUT2D eigenvalue weighted by Gasteiger charge is 2.00. The summed E-state index contributed by atoms with van der Waals surface area (Å²) in [6, 6.07) is 0.152. The van der Waals surface area contributed by atoms with Crippen LogP contribution in [0.5, 0.6) is 0 Å². The Bertz CT molecular complexity index is 132. The van der Waals surface area contributed by atoms with E-state index < -0.39 is 0 Å². The second kappa shape index (κ2) is 7.13. The molecule has 1 atom stereocenters. The van der Waals surface area contributed by atoms with E-state index in [2.05, 4.69) is 0 Å². The molecule has 72 valence electrons. The van der Waals surface area contributed by atoms with Crippen molar-refractivity contribution in [3.05, 3.63) is 11.8 Å². The zero-order valence-electron chi connectivity index (χ0n) is 8.17. The van der Waals surface area contributed by atoms with Crippen LogP contribution in [-0.4, -0.2) is 26.4 Å². The predicted molar refractivity (Wildman–Crippen MR) is 49.9 cm³/mol. The highest BCUT2D eigenvalue weighted by molar-refractivity contribution is 4.92. The van der Waals surface area contributed by atoms with E-state index in [-0.39, 0.29) is 6.04 Å². The maximum Gasteiger partial charge on any atom is 0.111 e. The second-order valence-electron chi connectivity index (χ2n) is 2.78. The van der Waals surface area contributed by atoms with Crippen molar-refractivity contribution in [1.82, 2.24) is 0 Å². The molecule has 1 unspecified atom stereocenters. The summed E-state index contributed by atoms with van der Waals surface area (Å²) in [6.07, 6.45) is 2.74. The van der Waals surface area contributed by atoms with E-state index in [1.165, 1.54) is 0 Å². The van der Waals surface area contributed by atoms with Crippen LogP contribution in [0.1, 0.15) is 20.3 Å². The van der Waals surface area contributed by atoms with Crippen LogP contribution in [0.25, 0.3) is 0 Å². The summed E-state index contributed by atoms with van der Waals surface area (Å²) >= 11 is 0. The normalized spacial score (nSPS) is 14.5. The van der Waals surface area contributed by atoms with Gasteiger partial charge in [-0.2, -0.15) is 0 Å². The fourth-order valence-corrected chi connectivity index (χ4v) is 0.834. The second-order valence-corrected chi connectivity index (χ2v) is 2.78. The van der Waals surface area contributed by atoms with Gasteiger partial charge in [0, 0.05) is 19.6 Å². The topological polar surface area (TPSA) is 44.5 Å². The molecule has 0 amide bonds. The van der Waals surface area contributed by atoms with Crippen LogP contribution in [0, 0.1) is 0 Å². The number of hydrogen-bond acceptors (Lipinski definition) is 3. The molecular formula is C9H19NO2. The monoisotopic (exact) mass is 173 g/mol. The first-order valence-electron chi connectivity index (χ1n) is 4.23. The molecule has 0 heterocycles. The molecule has 2 N–H and O–H groups in total. The summed E-state index contributed by atoms with van der Waals surface area (Å²) in [4.78, 5) is 0. The van der Waals surface area contributed by atoms with Crippen molar-refractivity contribution in [2.24, 2.45) is 5.73 Å². The summed E-state index contributed by atoms with van der Waals surface area (Å²) in [5.74, 6) is 0.946. The molecule has 0 aromatic rings. The Kier molecular flexibility index (Phi) is 6.81. The van der Waals surface area contributed by atoms with Crippen molar-refractivity contribution in [2.75, 3.05) is 20.3 Å². The number of hydrogen-bond donors (Lipinski definition) is 1. The third kappa shape index (κ3) is 6.19. The zero-order valence-corrected chi connectivity index (χ0v) is 8.17. The van der Waals surface area contributed by atoms with Crippen molar-refractivity contribution in [2.45, 2.75) is 26.3 Å². The third-order valence-electron chi connectivity index (χ3n) is 1.42. The lowest BCUT2D eigenvalue weighted by Gasteiger charge is -2.11. The Morgan fingerprint density at radius 2 is 2.17 bits per heavy atom. The molecule has 3 heteroatoms. The van der Waals surface area contributed by atoms with E-state index in [9.17, 15) is 0 Å². The van der Waals surface area contributed by atoms with Crippen molar-refractivity contribution >= 4 is 0 Å². The first kappa shape index (κ1) is 11.5. The lowest BCUT2D eigenvalue weighted by molar-refractivity contribution is 0.105. The molecule has 0 fully saturated rings. The average Bonchev–Trinajstić information content (AvgIpc) is 2.02. The van der Waals surface area contributed by atoms with E-state index in [1.807, 2.05) is 19.9 Å². The van der Waals surface area contributed by atoms with E-state index >= 15 is 0 Å². The van der Waals surface area contributed by atoms with Crippen molar-refractivity contribution < 1.29 is 9.47 Å². The van der Waals surface area contributed by atoms with Gasteiger partial charge in [-0.05, 0) is 19.9 Å². The third-order valence-corrected chi connectivity index (χ3v) is 1.42. The van der Waals surface area contributed by atoms with Gasteiger partial charge in [0.2, 0.25) is 0 Å². The van der Waals surface area contributed by atoms with Gasteiger partial charge in [0.1, 0.15) is 6.61 Å². The molecule has 0 rings (SSSR count). The molecule has 0 saturated carbocycles. The smallest absolute Gasteiger partial charge is 0.111 e. The minimum Gasteiger partial charge on any atom is -0.496 e. The lowest BCUT2D eigenvalue weighted by atomic mass is 10.2. The van der Waals surface area contributed by atoms with Crippen molar-refractivity contribution in [1.29, 1.82) is 0 Å². The molecule has 3 nitrogen and oxygen atoms in total. The molecule has 0 aromatic heterocycles. The molecule has 0 aromatic carbocycles. The van der Waals surface area contributed by atoms with Crippen LogP contribution in [-0.2, 0) is 9.47 Å². The van der Waals surface area contributed by atoms with E-state index in [0.29, 0.717) is 13.2 Å². The van der Waals surface area contributed by atoms with Gasteiger partial charge in [-0.1, -0.05) is 0 Å². The molecule has 0 aliphatic carbocycles. The minimum absolute atomic E-state index is 0.152. The first-order chi connectivity index (χ1) is 5.70. The van der Waals surface area contributed by atoms with Gasteiger partial charge in [0.25, 0.3) is 0 Å². The van der Waals surface area contributed by atoms with Crippen molar-refractivity contribution in [3.63, 3.8) is 0 Å². The Labute approximate surface area is 74.5 Å². The maximum atomic E-state index is 5.62. The molecule has 0 saturated heterocycles. The summed E-state index contributed by atoms with van der Waals surface area (Å²) in [6.45, 7) is 5.13. The number of nitrogens with two attached hydrogens (primary N) is 1. The summed E-state index contributed by atoms with van der Waals surface area (Å²) < 4.78 is 10.3. The van der Waals surface area contributed by atoms with Gasteiger partial charge >= 0.3 is 0 Å². The molecule has 0 aliphatic rings. The Morgan fingerprint density at radius 1 is 1.50 bits per heavy atom. The Hall–Kier alpha value is -0.540.